The molecule has 0 saturated carbocycles. The summed E-state index contributed by atoms with van der Waals surface area (Å²) in [5, 5.41) is 0. The summed E-state index contributed by atoms with van der Waals surface area (Å²) in [6.45, 7) is 4.29. The Balaban J connectivity index is 2.76. The molecule has 0 spiro atoms. The molecule has 0 N–H and O–H groups in total. The second-order valence-electron chi connectivity index (χ2n) is 3.57. The van der Waals surface area contributed by atoms with Crippen molar-refractivity contribution in [3.8, 4) is 0 Å². The molecule has 0 aliphatic carbocycles. The van der Waals surface area contributed by atoms with Crippen molar-refractivity contribution < 1.29 is 9.21 Å². The first-order chi connectivity index (χ1) is 6.81. The van der Waals surface area contributed by atoms with E-state index in [1.807, 2.05) is 6.07 Å². The van der Waals surface area contributed by atoms with E-state index in [9.17, 15) is 4.79 Å². The van der Waals surface area contributed by atoms with E-state index in [4.69, 9.17) is 4.42 Å². The third kappa shape index (κ3) is 2.72. The third-order valence-electron chi connectivity index (χ3n) is 2.31. The van der Waals surface area contributed by atoms with Crippen LogP contribution < -0.4 is 0 Å². The lowest BCUT2D eigenvalue weighted by Crippen LogP contribution is -1.88. The number of aldehydes is 1. The zero-order chi connectivity index (χ0) is 10.4. The molecule has 2 nitrogen and oxygen atoms in total. The first-order valence-electron chi connectivity index (χ1n) is 5.38. The van der Waals surface area contributed by atoms with Crippen LogP contribution in [0.3, 0.4) is 0 Å². The van der Waals surface area contributed by atoms with E-state index >= 15 is 0 Å². The van der Waals surface area contributed by atoms with Gasteiger partial charge < -0.3 is 4.42 Å². The number of hydrogen-bond donors (Lipinski definition) is 0. The number of furan rings is 1. The Labute approximate surface area is 85.3 Å². The number of carbonyl (C=O) groups excluding carboxylic acids is 1. The average molecular weight is 194 g/mol. The quantitative estimate of drug-likeness (QED) is 0.650. The van der Waals surface area contributed by atoms with Crippen LogP contribution >= 0.6 is 0 Å². The van der Waals surface area contributed by atoms with Gasteiger partial charge in [-0.1, -0.05) is 26.7 Å². The maximum Gasteiger partial charge on any atom is 0.185 e. The van der Waals surface area contributed by atoms with Gasteiger partial charge in [0, 0.05) is 6.42 Å². The Hall–Kier alpha value is -1.05. The van der Waals surface area contributed by atoms with Gasteiger partial charge in [-0.3, -0.25) is 4.79 Å². The molecule has 0 amide bonds. The summed E-state index contributed by atoms with van der Waals surface area (Å²) in [6, 6.07) is 1.88. The van der Waals surface area contributed by atoms with Gasteiger partial charge in [0.1, 0.15) is 5.76 Å². The lowest BCUT2D eigenvalue weighted by atomic mass is 10.1. The topological polar surface area (TPSA) is 30.2 Å². The molecule has 0 saturated heterocycles. The largest absolute Gasteiger partial charge is 0.458 e. The van der Waals surface area contributed by atoms with Gasteiger partial charge in [-0.05, 0) is 24.5 Å². The van der Waals surface area contributed by atoms with Crippen molar-refractivity contribution in [3.05, 3.63) is 23.2 Å². The lowest BCUT2D eigenvalue weighted by molar-refractivity contribution is 0.109. The zero-order valence-electron chi connectivity index (χ0n) is 9.01. The summed E-state index contributed by atoms with van der Waals surface area (Å²) in [6.07, 6.45) is 6.13. The molecular formula is C12H18O2. The van der Waals surface area contributed by atoms with Crippen molar-refractivity contribution >= 4 is 6.29 Å². The molecule has 0 aliphatic heterocycles. The molecule has 0 fully saturated rings. The molecule has 1 heterocycles. The van der Waals surface area contributed by atoms with Crippen molar-refractivity contribution in [1.29, 1.82) is 0 Å². The lowest BCUT2D eigenvalue weighted by Gasteiger charge is -1.98. The van der Waals surface area contributed by atoms with Gasteiger partial charge in [0.2, 0.25) is 0 Å². The smallest absolute Gasteiger partial charge is 0.185 e. The van der Waals surface area contributed by atoms with Crippen LogP contribution in [0.4, 0.5) is 0 Å². The monoisotopic (exact) mass is 194 g/mol. The Kier molecular flexibility index (Phi) is 4.44. The third-order valence-corrected chi connectivity index (χ3v) is 2.31. The maximum atomic E-state index is 10.6. The van der Waals surface area contributed by atoms with E-state index in [1.165, 1.54) is 5.56 Å². The van der Waals surface area contributed by atoms with E-state index < -0.39 is 0 Å². The average Bonchev–Trinajstić information content (AvgIpc) is 2.58. The van der Waals surface area contributed by atoms with Crippen molar-refractivity contribution in [3.63, 3.8) is 0 Å². The fourth-order valence-electron chi connectivity index (χ4n) is 1.58. The van der Waals surface area contributed by atoms with Crippen molar-refractivity contribution in [1.82, 2.24) is 0 Å². The number of hydrogen-bond acceptors (Lipinski definition) is 2. The second-order valence-corrected chi connectivity index (χ2v) is 3.57. The van der Waals surface area contributed by atoms with Crippen molar-refractivity contribution in [2.75, 3.05) is 0 Å². The van der Waals surface area contributed by atoms with Crippen LogP contribution in [0.5, 0.6) is 0 Å². The summed E-state index contributed by atoms with van der Waals surface area (Å²) in [5.41, 5.74) is 1.21. The molecule has 14 heavy (non-hydrogen) atoms. The highest BCUT2D eigenvalue weighted by Gasteiger charge is 2.08. The Morgan fingerprint density at radius 3 is 2.64 bits per heavy atom. The summed E-state index contributed by atoms with van der Waals surface area (Å²) in [4.78, 5) is 10.6. The Morgan fingerprint density at radius 1 is 1.29 bits per heavy atom. The number of rotatable bonds is 6. The highest BCUT2D eigenvalue weighted by molar-refractivity contribution is 5.71. The molecule has 0 atom stereocenters. The Morgan fingerprint density at radius 2 is 2.07 bits per heavy atom. The highest BCUT2D eigenvalue weighted by Crippen LogP contribution is 2.18. The standard InChI is InChI=1S/C12H18O2/c1-3-5-7-12-10(6-4-2)8-11(9-13)14-12/h8-9H,3-7H2,1-2H3. The number of carbonyl (C=O) groups is 1. The minimum atomic E-state index is 0.472. The molecule has 0 aromatic carbocycles. The van der Waals surface area contributed by atoms with E-state index in [-0.39, 0.29) is 0 Å². The van der Waals surface area contributed by atoms with E-state index in [0.717, 1.165) is 44.2 Å². The minimum absolute atomic E-state index is 0.472. The van der Waals surface area contributed by atoms with Gasteiger partial charge in [0.15, 0.2) is 12.0 Å². The van der Waals surface area contributed by atoms with Gasteiger partial charge >= 0.3 is 0 Å². The van der Waals surface area contributed by atoms with Crippen LogP contribution in [-0.4, -0.2) is 6.29 Å². The zero-order valence-corrected chi connectivity index (χ0v) is 9.01. The van der Waals surface area contributed by atoms with E-state index in [2.05, 4.69) is 13.8 Å². The Bertz CT molecular complexity index is 287. The molecule has 0 bridgehead atoms. The molecule has 1 rings (SSSR count). The van der Waals surface area contributed by atoms with Crippen LogP contribution in [-0.2, 0) is 12.8 Å². The maximum absolute atomic E-state index is 10.6. The van der Waals surface area contributed by atoms with Gasteiger partial charge in [-0.25, -0.2) is 0 Å². The molecule has 0 radical (unpaired) electrons. The van der Waals surface area contributed by atoms with Gasteiger partial charge in [0.05, 0.1) is 0 Å². The summed E-state index contributed by atoms with van der Waals surface area (Å²) in [5.74, 6) is 1.48. The molecule has 1 aromatic rings. The predicted octanol–water partition coefficient (Wildman–Crippen LogP) is 3.39. The van der Waals surface area contributed by atoms with Crippen LogP contribution in [0.25, 0.3) is 0 Å². The fourth-order valence-corrected chi connectivity index (χ4v) is 1.58. The SMILES string of the molecule is CCCCc1oc(C=O)cc1CCC. The van der Waals surface area contributed by atoms with E-state index in [0.29, 0.717) is 5.76 Å². The number of unbranched alkanes of at least 4 members (excludes halogenated alkanes) is 1. The van der Waals surface area contributed by atoms with Crippen LogP contribution in [0.2, 0.25) is 0 Å². The molecule has 1 aromatic heterocycles. The van der Waals surface area contributed by atoms with Crippen LogP contribution in [0, 0.1) is 0 Å². The van der Waals surface area contributed by atoms with Gasteiger partial charge in [-0.2, -0.15) is 0 Å². The number of aryl methyl sites for hydroxylation is 2. The summed E-state index contributed by atoms with van der Waals surface area (Å²) < 4.78 is 5.45. The van der Waals surface area contributed by atoms with E-state index in [1.54, 1.807) is 0 Å². The normalized spacial score (nSPS) is 10.4. The molecule has 0 unspecified atom stereocenters. The van der Waals surface area contributed by atoms with Crippen LogP contribution in [0.15, 0.2) is 10.5 Å². The first-order valence-corrected chi connectivity index (χ1v) is 5.38. The van der Waals surface area contributed by atoms with Crippen LogP contribution in [0.1, 0.15) is 55.0 Å². The van der Waals surface area contributed by atoms with Crippen molar-refractivity contribution in [2.24, 2.45) is 0 Å². The van der Waals surface area contributed by atoms with Crippen molar-refractivity contribution in [2.45, 2.75) is 46.0 Å². The predicted molar refractivity (Wildman–Crippen MR) is 56.7 cm³/mol. The minimum Gasteiger partial charge on any atom is -0.458 e. The second kappa shape index (κ2) is 5.63. The molecule has 0 aliphatic rings. The highest BCUT2D eigenvalue weighted by atomic mass is 16.3. The first kappa shape index (κ1) is 11.0. The van der Waals surface area contributed by atoms with Gasteiger partial charge in [0.25, 0.3) is 0 Å². The summed E-state index contributed by atoms with van der Waals surface area (Å²) >= 11 is 0. The van der Waals surface area contributed by atoms with Gasteiger partial charge in [-0.15, -0.1) is 0 Å². The fraction of sp³-hybridized carbons (Fsp3) is 0.583. The molecular weight excluding hydrogens is 176 g/mol. The molecule has 2 heteroatoms. The molecule has 78 valence electrons. The summed E-state index contributed by atoms with van der Waals surface area (Å²) in [7, 11) is 0.